The fraction of sp³-hybridized carbons (Fsp3) is 0.750. The highest BCUT2D eigenvalue weighted by Gasteiger charge is 2.12. The summed E-state index contributed by atoms with van der Waals surface area (Å²) in [7, 11) is 1.73. The molecule has 0 bridgehead atoms. The minimum Gasteiger partial charge on any atom is -0.493 e. The van der Waals surface area contributed by atoms with Crippen molar-refractivity contribution in [1.82, 2.24) is 10.2 Å². The molecule has 0 aromatic heterocycles. The van der Waals surface area contributed by atoms with Crippen LogP contribution >= 0.6 is 0 Å². The normalized spacial score (nSPS) is 14.9. The molecule has 28 heavy (non-hydrogen) atoms. The number of piperazine rings is 1. The minimum atomic E-state index is 0.782. The number of unbranched alkanes of at least 4 members (excludes halogenated alkanes) is 9. The van der Waals surface area contributed by atoms with Crippen LogP contribution in [0.15, 0.2) is 18.2 Å². The predicted molar refractivity (Wildman–Crippen MR) is 118 cm³/mol. The van der Waals surface area contributed by atoms with Crippen molar-refractivity contribution >= 4 is 0 Å². The van der Waals surface area contributed by atoms with E-state index in [2.05, 4.69) is 35.3 Å². The molecular weight excluding hydrogens is 348 g/mol. The molecule has 1 aliphatic heterocycles. The van der Waals surface area contributed by atoms with Crippen molar-refractivity contribution in [1.29, 1.82) is 0 Å². The number of rotatable bonds is 15. The van der Waals surface area contributed by atoms with E-state index in [-0.39, 0.29) is 0 Å². The van der Waals surface area contributed by atoms with Crippen molar-refractivity contribution in [3.8, 4) is 11.5 Å². The summed E-state index contributed by atoms with van der Waals surface area (Å²) in [5.74, 6) is 1.74. The van der Waals surface area contributed by atoms with Gasteiger partial charge in [0, 0.05) is 32.7 Å². The van der Waals surface area contributed by atoms with Gasteiger partial charge in [0.2, 0.25) is 0 Å². The molecule has 2 rings (SSSR count). The maximum absolute atomic E-state index is 6.00. The Morgan fingerprint density at radius 3 is 2.14 bits per heavy atom. The van der Waals surface area contributed by atoms with E-state index >= 15 is 0 Å². The monoisotopic (exact) mass is 390 g/mol. The summed E-state index contributed by atoms with van der Waals surface area (Å²) in [5.41, 5.74) is 1.30. The molecule has 0 saturated carbocycles. The lowest BCUT2D eigenvalue weighted by Gasteiger charge is -2.27. The number of nitrogens with one attached hydrogen (secondary N) is 1. The second-order valence-corrected chi connectivity index (χ2v) is 8.04. The van der Waals surface area contributed by atoms with Gasteiger partial charge in [0.15, 0.2) is 11.5 Å². The van der Waals surface area contributed by atoms with Crippen LogP contribution in [0.1, 0.15) is 76.7 Å². The third-order valence-corrected chi connectivity index (χ3v) is 5.60. The molecular formula is C24H42N2O2. The van der Waals surface area contributed by atoms with Gasteiger partial charge in [-0.25, -0.2) is 0 Å². The Hall–Kier alpha value is -1.26. The first-order valence-electron chi connectivity index (χ1n) is 11.6. The van der Waals surface area contributed by atoms with Gasteiger partial charge in [0.1, 0.15) is 0 Å². The topological polar surface area (TPSA) is 33.7 Å². The molecule has 1 fully saturated rings. The second-order valence-electron chi connectivity index (χ2n) is 8.04. The first-order valence-corrected chi connectivity index (χ1v) is 11.6. The number of nitrogens with zero attached hydrogens (tertiary/aromatic N) is 1. The first-order chi connectivity index (χ1) is 13.8. The van der Waals surface area contributed by atoms with E-state index in [1.54, 1.807) is 7.11 Å². The van der Waals surface area contributed by atoms with Gasteiger partial charge in [0.25, 0.3) is 0 Å². The van der Waals surface area contributed by atoms with Crippen LogP contribution in [-0.4, -0.2) is 44.8 Å². The first kappa shape index (κ1) is 23.0. The average molecular weight is 391 g/mol. The van der Waals surface area contributed by atoms with Crippen molar-refractivity contribution in [2.75, 3.05) is 39.9 Å². The number of benzene rings is 1. The molecule has 0 radical (unpaired) electrons. The summed E-state index contributed by atoms with van der Waals surface area (Å²) in [5, 5.41) is 3.40. The quantitative estimate of drug-likeness (QED) is 0.407. The largest absolute Gasteiger partial charge is 0.493 e. The summed E-state index contributed by atoms with van der Waals surface area (Å²) < 4.78 is 11.6. The predicted octanol–water partition coefficient (Wildman–Crippen LogP) is 5.40. The minimum absolute atomic E-state index is 0.782. The van der Waals surface area contributed by atoms with Gasteiger partial charge in [0.05, 0.1) is 13.7 Å². The van der Waals surface area contributed by atoms with E-state index < -0.39 is 0 Å². The van der Waals surface area contributed by atoms with Crippen LogP contribution in [0, 0.1) is 0 Å². The van der Waals surface area contributed by atoms with Crippen molar-refractivity contribution < 1.29 is 9.47 Å². The Kier molecular flexibility index (Phi) is 12.1. The van der Waals surface area contributed by atoms with E-state index in [0.717, 1.165) is 57.3 Å². The van der Waals surface area contributed by atoms with E-state index in [0.29, 0.717) is 0 Å². The van der Waals surface area contributed by atoms with Gasteiger partial charge >= 0.3 is 0 Å². The number of methoxy groups -OCH3 is 1. The Bertz CT molecular complexity index is 515. The molecule has 1 aromatic rings. The lowest BCUT2D eigenvalue weighted by Crippen LogP contribution is -2.42. The molecule has 160 valence electrons. The van der Waals surface area contributed by atoms with E-state index in [4.69, 9.17) is 9.47 Å². The summed E-state index contributed by atoms with van der Waals surface area (Å²) in [6.07, 6.45) is 13.5. The third kappa shape index (κ3) is 9.29. The highest BCUT2D eigenvalue weighted by molar-refractivity contribution is 5.43. The molecule has 1 N–H and O–H groups in total. The van der Waals surface area contributed by atoms with Crippen molar-refractivity contribution in [3.63, 3.8) is 0 Å². The van der Waals surface area contributed by atoms with Gasteiger partial charge < -0.3 is 14.8 Å². The van der Waals surface area contributed by atoms with Crippen LogP contribution in [0.25, 0.3) is 0 Å². The molecule has 1 aliphatic rings. The standard InChI is InChI=1S/C24H42N2O2/c1-3-4-5-6-7-8-9-10-11-12-19-28-23-14-13-22(20-24(23)27-2)21-26-17-15-25-16-18-26/h13-14,20,25H,3-12,15-19,21H2,1-2H3. The zero-order valence-corrected chi connectivity index (χ0v) is 18.3. The van der Waals surface area contributed by atoms with E-state index in [1.807, 2.05) is 0 Å². The molecule has 0 amide bonds. The lowest BCUT2D eigenvalue weighted by molar-refractivity contribution is 0.232. The molecule has 1 heterocycles. The lowest BCUT2D eigenvalue weighted by atomic mass is 10.1. The Morgan fingerprint density at radius 1 is 0.857 bits per heavy atom. The van der Waals surface area contributed by atoms with Crippen molar-refractivity contribution in [2.45, 2.75) is 77.7 Å². The number of hydrogen-bond donors (Lipinski definition) is 1. The molecule has 1 saturated heterocycles. The van der Waals surface area contributed by atoms with E-state index in [1.165, 1.54) is 63.4 Å². The third-order valence-electron chi connectivity index (χ3n) is 5.60. The van der Waals surface area contributed by atoms with Gasteiger partial charge in [-0.05, 0) is 24.1 Å². The zero-order valence-electron chi connectivity index (χ0n) is 18.3. The summed E-state index contributed by atoms with van der Waals surface area (Å²) in [6, 6.07) is 6.39. The average Bonchev–Trinajstić information content (AvgIpc) is 2.73. The highest BCUT2D eigenvalue weighted by Crippen LogP contribution is 2.29. The Balaban J connectivity index is 1.58. The Morgan fingerprint density at radius 2 is 1.50 bits per heavy atom. The molecule has 0 atom stereocenters. The van der Waals surface area contributed by atoms with Crippen LogP contribution in [0.2, 0.25) is 0 Å². The summed E-state index contributed by atoms with van der Waals surface area (Å²) in [4.78, 5) is 2.48. The Labute approximate surface area is 173 Å². The van der Waals surface area contributed by atoms with Gasteiger partial charge in [-0.1, -0.05) is 70.8 Å². The number of hydrogen-bond acceptors (Lipinski definition) is 4. The molecule has 1 aromatic carbocycles. The second kappa shape index (κ2) is 14.7. The molecule has 4 heteroatoms. The summed E-state index contributed by atoms with van der Waals surface area (Å²) >= 11 is 0. The summed E-state index contributed by atoms with van der Waals surface area (Å²) in [6.45, 7) is 8.42. The molecule has 0 aliphatic carbocycles. The fourth-order valence-corrected chi connectivity index (χ4v) is 3.83. The number of ether oxygens (including phenoxy) is 2. The van der Waals surface area contributed by atoms with E-state index in [9.17, 15) is 0 Å². The van der Waals surface area contributed by atoms with Gasteiger partial charge in [-0.3, -0.25) is 4.90 Å². The van der Waals surface area contributed by atoms with Gasteiger partial charge in [-0.2, -0.15) is 0 Å². The smallest absolute Gasteiger partial charge is 0.161 e. The maximum atomic E-state index is 6.00. The van der Waals surface area contributed by atoms with Gasteiger partial charge in [-0.15, -0.1) is 0 Å². The zero-order chi connectivity index (χ0) is 19.9. The molecule has 0 unspecified atom stereocenters. The molecule has 0 spiro atoms. The van der Waals surface area contributed by atoms with Crippen molar-refractivity contribution in [3.05, 3.63) is 23.8 Å². The fourth-order valence-electron chi connectivity index (χ4n) is 3.83. The van der Waals surface area contributed by atoms with Crippen molar-refractivity contribution in [2.24, 2.45) is 0 Å². The molecule has 4 nitrogen and oxygen atoms in total. The van der Waals surface area contributed by atoms with Crippen LogP contribution in [0.4, 0.5) is 0 Å². The SMILES string of the molecule is CCCCCCCCCCCCOc1ccc(CN2CCNCC2)cc1OC. The van der Waals surface area contributed by atoms with Crippen LogP contribution in [0.3, 0.4) is 0 Å². The van der Waals surface area contributed by atoms with Crippen LogP contribution in [0.5, 0.6) is 11.5 Å². The highest BCUT2D eigenvalue weighted by atomic mass is 16.5. The maximum Gasteiger partial charge on any atom is 0.161 e. The van der Waals surface area contributed by atoms with Crippen LogP contribution in [-0.2, 0) is 6.54 Å². The van der Waals surface area contributed by atoms with Crippen LogP contribution < -0.4 is 14.8 Å².